The van der Waals surface area contributed by atoms with Crippen LogP contribution in [-0.2, 0) is 20.9 Å². The van der Waals surface area contributed by atoms with Crippen LogP contribution in [0.2, 0.25) is 0 Å². The fraction of sp³-hybridized carbons (Fsp3) is 0.500. The summed E-state index contributed by atoms with van der Waals surface area (Å²) >= 11 is 0. The van der Waals surface area contributed by atoms with E-state index in [2.05, 4.69) is 42.2 Å². The third-order valence-electron chi connectivity index (χ3n) is 16.8. The first-order valence-corrected chi connectivity index (χ1v) is 26.3. The van der Waals surface area contributed by atoms with Crippen molar-refractivity contribution < 1.29 is 38.1 Å². The predicted octanol–water partition coefficient (Wildman–Crippen LogP) is 4.70. The summed E-state index contributed by atoms with van der Waals surface area (Å²) < 4.78 is 35.0. The highest BCUT2D eigenvalue weighted by Crippen LogP contribution is 2.47. The van der Waals surface area contributed by atoms with E-state index >= 15 is 4.39 Å². The molecule has 6 fully saturated rings. The molecule has 7 aliphatic rings. The smallest absolute Gasteiger partial charge is 0.319 e. The average Bonchev–Trinajstić information content (AvgIpc) is 4.03. The van der Waals surface area contributed by atoms with Gasteiger partial charge in [-0.15, -0.1) is 6.42 Å². The minimum absolute atomic E-state index is 0.0105. The summed E-state index contributed by atoms with van der Waals surface area (Å²) in [6.07, 6.45) is 14.0. The highest BCUT2D eigenvalue weighted by molar-refractivity contribution is 6.06. The normalized spacial score (nSPS) is 24.1. The topological polar surface area (TPSA) is 178 Å². The summed E-state index contributed by atoms with van der Waals surface area (Å²) in [7, 11) is 1.54. The number of hydrogen-bond acceptors (Lipinski definition) is 15. The number of aliphatic hydroxyl groups is 1. The van der Waals surface area contributed by atoms with Gasteiger partial charge in [-0.1, -0.05) is 18.1 Å². The molecule has 386 valence electrons. The summed E-state index contributed by atoms with van der Waals surface area (Å²) in [6.45, 7) is 9.80. The van der Waals surface area contributed by atoms with Crippen LogP contribution < -0.4 is 29.9 Å². The van der Waals surface area contributed by atoms with Gasteiger partial charge in [-0.3, -0.25) is 29.6 Å². The zero-order chi connectivity index (χ0) is 50.7. The first kappa shape index (κ1) is 48.4. The number of aliphatic hydroxyl groups excluding tert-OH is 1. The van der Waals surface area contributed by atoms with Crippen LogP contribution in [0.3, 0.4) is 0 Å². The Morgan fingerprint density at radius 3 is 2.54 bits per heavy atom. The molecular weight excluding hydrogens is 944 g/mol. The Kier molecular flexibility index (Phi) is 13.1. The van der Waals surface area contributed by atoms with Gasteiger partial charge >= 0.3 is 6.01 Å². The number of amides is 3. The van der Waals surface area contributed by atoms with Gasteiger partial charge in [0.2, 0.25) is 11.8 Å². The van der Waals surface area contributed by atoms with Crippen molar-refractivity contribution in [2.75, 3.05) is 95.8 Å². The number of ether oxygens (including phenoxy) is 3. The van der Waals surface area contributed by atoms with Crippen LogP contribution in [0, 0.1) is 29.5 Å². The maximum absolute atomic E-state index is 17.4. The molecule has 3 aromatic carbocycles. The number of pyridine rings is 1. The van der Waals surface area contributed by atoms with Crippen molar-refractivity contribution in [2.45, 2.75) is 82.1 Å². The molecule has 4 atom stereocenters. The van der Waals surface area contributed by atoms with Crippen molar-refractivity contribution >= 4 is 50.9 Å². The largest absolute Gasteiger partial charge is 0.468 e. The number of likely N-dealkylation sites (tertiary alicyclic amines) is 1. The molecular formula is C56H63FN10O7. The number of methoxy groups -OCH3 is 1. The molecule has 17 nitrogen and oxygen atoms in total. The molecule has 5 aromatic rings. The van der Waals surface area contributed by atoms with Crippen molar-refractivity contribution in [2.24, 2.45) is 11.3 Å². The lowest BCUT2D eigenvalue weighted by molar-refractivity contribution is -0.136. The van der Waals surface area contributed by atoms with Crippen molar-refractivity contribution in [3.05, 3.63) is 77.2 Å². The molecule has 18 heteroatoms. The van der Waals surface area contributed by atoms with Gasteiger partial charge in [-0.2, -0.15) is 9.97 Å². The summed E-state index contributed by atoms with van der Waals surface area (Å²) in [5, 5.41) is 18.6. The molecule has 0 spiro atoms. The first-order valence-electron chi connectivity index (χ1n) is 26.3. The van der Waals surface area contributed by atoms with Gasteiger partial charge in [0.15, 0.2) is 12.6 Å². The van der Waals surface area contributed by atoms with Gasteiger partial charge in [0, 0.05) is 111 Å². The van der Waals surface area contributed by atoms with Gasteiger partial charge in [-0.25, -0.2) is 4.39 Å². The quantitative estimate of drug-likeness (QED) is 0.0747. The lowest BCUT2D eigenvalue weighted by Crippen LogP contribution is -2.53. The number of anilines is 2. The van der Waals surface area contributed by atoms with E-state index in [1.165, 1.54) is 6.42 Å². The van der Waals surface area contributed by atoms with Crippen molar-refractivity contribution in [3.63, 3.8) is 0 Å². The number of imide groups is 1. The Morgan fingerprint density at radius 2 is 1.77 bits per heavy atom. The average molecular weight is 1010 g/mol. The van der Waals surface area contributed by atoms with Crippen molar-refractivity contribution in [1.82, 2.24) is 40.3 Å². The minimum atomic E-state index is -0.616. The van der Waals surface area contributed by atoms with Crippen LogP contribution in [-0.4, -0.2) is 163 Å². The van der Waals surface area contributed by atoms with Gasteiger partial charge in [0.05, 0.1) is 24.1 Å². The molecule has 3 unspecified atom stereocenters. The Morgan fingerprint density at radius 1 is 0.932 bits per heavy atom. The lowest BCUT2D eigenvalue weighted by atomic mass is 9.92. The van der Waals surface area contributed by atoms with Crippen LogP contribution in [0.5, 0.6) is 11.8 Å². The van der Waals surface area contributed by atoms with E-state index in [-0.39, 0.29) is 65.7 Å². The van der Waals surface area contributed by atoms with Crippen LogP contribution in [0.1, 0.15) is 72.9 Å². The van der Waals surface area contributed by atoms with Gasteiger partial charge in [-0.05, 0) is 118 Å². The number of nitrogens with one attached hydrogen (secondary N) is 2. The van der Waals surface area contributed by atoms with Gasteiger partial charge < -0.3 is 44.2 Å². The van der Waals surface area contributed by atoms with Crippen LogP contribution >= 0.6 is 0 Å². The predicted molar refractivity (Wildman–Crippen MR) is 276 cm³/mol. The second kappa shape index (κ2) is 20.0. The molecule has 6 aliphatic heterocycles. The number of halogens is 1. The third kappa shape index (κ3) is 9.49. The highest BCUT2D eigenvalue weighted by Gasteiger charge is 2.46. The Hall–Kier alpha value is -6.49. The fourth-order valence-corrected chi connectivity index (χ4v) is 12.4. The highest BCUT2D eigenvalue weighted by atomic mass is 19.1. The molecule has 2 aromatic heterocycles. The fourth-order valence-electron chi connectivity index (χ4n) is 12.4. The molecule has 1 saturated carbocycles. The van der Waals surface area contributed by atoms with E-state index in [1.54, 1.807) is 24.3 Å². The maximum atomic E-state index is 17.4. The van der Waals surface area contributed by atoms with Crippen LogP contribution in [0.4, 0.5) is 15.9 Å². The Bertz CT molecular complexity index is 3060. The third-order valence-corrected chi connectivity index (χ3v) is 16.8. The number of terminal acetylenes is 1. The number of carbonyl (C=O) groups excluding carboxylic acids is 3. The number of rotatable bonds is 15. The zero-order valence-electron chi connectivity index (χ0n) is 41.9. The number of fused-ring (bicyclic) bond motifs is 5. The SMILES string of the molecule is C#Cc1cccc2cc(OCOC)cc(-c3ncc4c(N5CC6CC(O)C(C5)N6)nc(OCC5(CN6CCC(CCN7CCN(c8ccc9c(c8)CN([C@H]8CCC(=O)NC8=O)C9=O)CC7)CC6)CC5)nc4c3F)c12. The van der Waals surface area contributed by atoms with E-state index in [9.17, 15) is 19.5 Å². The molecule has 0 radical (unpaired) electrons. The summed E-state index contributed by atoms with van der Waals surface area (Å²) in [6, 6.07) is 14.7. The standard InChI is InChI=1S/C56H63FN10O7/c1-3-35-5-4-6-36-24-40(74-33-72-2)26-42(48(35)36)50-49(57)51-43(27-58-50)52(66-29-38-25-46(68)44(30-66)59-38)62-55(61-51)73-32-56(14-15-56)31-64-17-12-34(13-18-64)11-16-63-19-21-65(22-20-63)39-7-8-41-37(23-39)28-67(54(41)71)45-9-10-47(69)60-53(45)70/h1,4-8,23-24,26-27,34,38,44-46,59,68H,9-22,25,28-33H2,2H3,(H,60,69,70)/t38?,44?,45-,46?/m0/s1. The molecule has 12 rings (SSSR count). The molecule has 8 heterocycles. The molecule has 1 aliphatic carbocycles. The van der Waals surface area contributed by atoms with E-state index in [1.807, 2.05) is 36.4 Å². The minimum Gasteiger partial charge on any atom is -0.468 e. The Labute approximate surface area is 429 Å². The van der Waals surface area contributed by atoms with E-state index in [4.69, 9.17) is 35.6 Å². The number of carbonyl (C=O) groups is 3. The van der Waals surface area contributed by atoms with Gasteiger partial charge in [0.1, 0.15) is 28.8 Å². The summed E-state index contributed by atoms with van der Waals surface area (Å²) in [5.74, 6) is 3.03. The second-order valence-electron chi connectivity index (χ2n) is 21.6. The number of nitrogens with zero attached hydrogens (tertiary/aromatic N) is 8. The number of benzene rings is 3. The molecule has 3 N–H and O–H groups in total. The summed E-state index contributed by atoms with van der Waals surface area (Å²) in [4.78, 5) is 63.3. The molecule has 74 heavy (non-hydrogen) atoms. The van der Waals surface area contributed by atoms with E-state index in [0.29, 0.717) is 84.0 Å². The summed E-state index contributed by atoms with van der Waals surface area (Å²) in [5.41, 5.74) is 3.91. The van der Waals surface area contributed by atoms with Crippen molar-refractivity contribution in [1.29, 1.82) is 0 Å². The molecule has 2 bridgehead atoms. The van der Waals surface area contributed by atoms with E-state index < -0.39 is 18.0 Å². The van der Waals surface area contributed by atoms with Crippen LogP contribution in [0.25, 0.3) is 32.9 Å². The van der Waals surface area contributed by atoms with Crippen molar-refractivity contribution in [3.8, 4) is 35.4 Å². The molecule has 5 saturated heterocycles. The second-order valence-corrected chi connectivity index (χ2v) is 21.6. The first-order chi connectivity index (χ1) is 36.0. The van der Waals surface area contributed by atoms with E-state index in [0.717, 1.165) is 94.7 Å². The lowest BCUT2D eigenvalue weighted by Gasteiger charge is -2.38. The molecule has 3 amide bonds. The maximum Gasteiger partial charge on any atom is 0.319 e. The van der Waals surface area contributed by atoms with Gasteiger partial charge in [0.25, 0.3) is 5.91 Å². The zero-order valence-corrected chi connectivity index (χ0v) is 41.9. The number of aromatic nitrogens is 3. The van der Waals surface area contributed by atoms with Crippen LogP contribution in [0.15, 0.2) is 54.7 Å². The Balaban J connectivity index is 0.676. The number of piperidine rings is 2. The number of hydrogen-bond donors (Lipinski definition) is 3. The monoisotopic (exact) mass is 1010 g/mol. The number of piperazine rings is 2.